The standard InChI is InChI=1S/C32H21Cl3IN3O4/c1-2-41-28-13-19(12-25(36)30(28)42-17-18-7-9-23(34)24(35)11-18)16-37-39-31(38-26-6-4-3-5-22(26)32(39)40)29-15-20-14-21(33)8-10-27(20)43-29/h3-16H,2,17H2,1H3. The maximum atomic E-state index is 13.7. The molecule has 0 spiro atoms. The third kappa shape index (κ3) is 6.24. The molecule has 6 aromatic rings. The van der Waals surface area contributed by atoms with E-state index in [0.29, 0.717) is 61.0 Å². The topological polar surface area (TPSA) is 78.9 Å². The quantitative estimate of drug-likeness (QED) is 0.115. The Morgan fingerprint density at radius 3 is 2.63 bits per heavy atom. The fourth-order valence-corrected chi connectivity index (χ4v) is 5.77. The predicted octanol–water partition coefficient (Wildman–Crippen LogP) is 9.23. The number of benzene rings is 4. The summed E-state index contributed by atoms with van der Waals surface area (Å²) < 4.78 is 20.1. The lowest BCUT2D eigenvalue weighted by atomic mass is 10.2. The normalized spacial score (nSPS) is 11.6. The maximum absolute atomic E-state index is 13.7. The summed E-state index contributed by atoms with van der Waals surface area (Å²) in [4.78, 5) is 18.4. The van der Waals surface area contributed by atoms with Gasteiger partial charge >= 0.3 is 0 Å². The third-order valence-electron chi connectivity index (χ3n) is 6.47. The van der Waals surface area contributed by atoms with E-state index in [-0.39, 0.29) is 18.0 Å². The summed E-state index contributed by atoms with van der Waals surface area (Å²) in [6, 6.07) is 23.3. The van der Waals surface area contributed by atoms with Crippen LogP contribution in [0.25, 0.3) is 33.5 Å². The van der Waals surface area contributed by atoms with Gasteiger partial charge in [-0.25, -0.2) is 4.98 Å². The highest BCUT2D eigenvalue weighted by Gasteiger charge is 2.17. The SMILES string of the molecule is CCOc1cc(C=Nn2c(-c3cc4cc(Cl)ccc4o3)nc3ccccc3c2=O)cc(I)c1OCc1ccc(Cl)c(Cl)c1. The van der Waals surface area contributed by atoms with Crippen LogP contribution in [0.1, 0.15) is 18.1 Å². The number of halogens is 4. The molecule has 11 heteroatoms. The summed E-state index contributed by atoms with van der Waals surface area (Å²) in [7, 11) is 0. The number of hydrogen-bond donors (Lipinski definition) is 0. The number of nitrogens with zero attached hydrogens (tertiary/aromatic N) is 3. The van der Waals surface area contributed by atoms with E-state index in [1.807, 2.05) is 31.2 Å². The zero-order chi connectivity index (χ0) is 30.1. The largest absolute Gasteiger partial charge is 0.490 e. The first-order valence-electron chi connectivity index (χ1n) is 13.1. The fourth-order valence-electron chi connectivity index (χ4n) is 4.49. The fraction of sp³-hybridized carbons (Fsp3) is 0.0938. The van der Waals surface area contributed by atoms with Crippen molar-refractivity contribution in [2.45, 2.75) is 13.5 Å². The predicted molar refractivity (Wildman–Crippen MR) is 180 cm³/mol. The molecule has 2 aromatic heterocycles. The number of aromatic nitrogens is 2. The number of hydrogen-bond acceptors (Lipinski definition) is 6. The molecule has 0 saturated carbocycles. The van der Waals surface area contributed by atoms with Crippen LogP contribution >= 0.6 is 57.4 Å². The van der Waals surface area contributed by atoms with E-state index >= 15 is 0 Å². The molecule has 0 bridgehead atoms. The molecule has 6 rings (SSSR count). The smallest absolute Gasteiger partial charge is 0.282 e. The minimum atomic E-state index is -0.336. The van der Waals surface area contributed by atoms with Crippen LogP contribution in [-0.4, -0.2) is 22.5 Å². The van der Waals surface area contributed by atoms with Gasteiger partial charge in [-0.3, -0.25) is 4.79 Å². The molecule has 0 saturated heterocycles. The van der Waals surface area contributed by atoms with Gasteiger partial charge in [0.2, 0.25) is 5.82 Å². The highest BCUT2D eigenvalue weighted by molar-refractivity contribution is 14.1. The first-order valence-corrected chi connectivity index (χ1v) is 15.3. The van der Waals surface area contributed by atoms with Gasteiger partial charge in [0.15, 0.2) is 17.3 Å². The van der Waals surface area contributed by atoms with Crippen molar-refractivity contribution in [3.05, 3.63) is 119 Å². The molecule has 0 unspecified atom stereocenters. The molecule has 0 aliphatic rings. The molecule has 2 heterocycles. The molecule has 4 aromatic carbocycles. The zero-order valence-electron chi connectivity index (χ0n) is 22.5. The minimum absolute atomic E-state index is 0.258. The molecule has 43 heavy (non-hydrogen) atoms. The van der Waals surface area contributed by atoms with Crippen molar-refractivity contribution in [3.63, 3.8) is 0 Å². The van der Waals surface area contributed by atoms with E-state index in [1.165, 1.54) is 4.68 Å². The summed E-state index contributed by atoms with van der Waals surface area (Å²) in [5, 5.41) is 7.30. The van der Waals surface area contributed by atoms with E-state index in [0.717, 1.165) is 14.5 Å². The van der Waals surface area contributed by atoms with Gasteiger partial charge < -0.3 is 13.9 Å². The minimum Gasteiger partial charge on any atom is -0.490 e. The zero-order valence-corrected chi connectivity index (χ0v) is 26.9. The van der Waals surface area contributed by atoms with Crippen molar-refractivity contribution in [2.24, 2.45) is 5.10 Å². The van der Waals surface area contributed by atoms with E-state index in [2.05, 4.69) is 27.7 Å². The second kappa shape index (κ2) is 12.6. The third-order valence-corrected chi connectivity index (χ3v) is 8.25. The lowest BCUT2D eigenvalue weighted by Gasteiger charge is -2.15. The Labute approximate surface area is 274 Å². The molecule has 0 atom stereocenters. The Morgan fingerprint density at radius 2 is 1.81 bits per heavy atom. The molecule has 216 valence electrons. The van der Waals surface area contributed by atoms with Crippen LogP contribution in [0.5, 0.6) is 11.5 Å². The van der Waals surface area contributed by atoms with Crippen molar-refractivity contribution < 1.29 is 13.9 Å². The van der Waals surface area contributed by atoms with Gasteiger partial charge in [0.05, 0.1) is 37.3 Å². The van der Waals surface area contributed by atoms with Gasteiger partial charge in [-0.15, -0.1) is 0 Å². The maximum Gasteiger partial charge on any atom is 0.282 e. The Kier molecular flexibility index (Phi) is 8.63. The molecule has 0 fully saturated rings. The molecule has 7 nitrogen and oxygen atoms in total. The highest BCUT2D eigenvalue weighted by Crippen LogP contribution is 2.35. The van der Waals surface area contributed by atoms with Crippen molar-refractivity contribution in [3.8, 4) is 23.1 Å². The van der Waals surface area contributed by atoms with E-state index < -0.39 is 0 Å². The number of fused-ring (bicyclic) bond motifs is 2. The second-order valence-corrected chi connectivity index (χ2v) is 11.8. The van der Waals surface area contributed by atoms with Crippen LogP contribution in [0, 0.1) is 3.57 Å². The lowest BCUT2D eigenvalue weighted by molar-refractivity contribution is 0.267. The molecule has 0 aliphatic heterocycles. The van der Waals surface area contributed by atoms with Gasteiger partial charge in [0.25, 0.3) is 5.56 Å². The van der Waals surface area contributed by atoms with Gasteiger partial charge in [-0.1, -0.05) is 53.0 Å². The average Bonchev–Trinajstić information content (AvgIpc) is 3.41. The van der Waals surface area contributed by atoms with Gasteiger partial charge in [0, 0.05) is 10.4 Å². The average molecular weight is 745 g/mol. The van der Waals surface area contributed by atoms with E-state index in [1.54, 1.807) is 60.8 Å². The first-order chi connectivity index (χ1) is 20.8. The first kappa shape index (κ1) is 29.5. The Morgan fingerprint density at radius 1 is 0.977 bits per heavy atom. The number of rotatable bonds is 8. The van der Waals surface area contributed by atoms with Crippen LogP contribution in [0.3, 0.4) is 0 Å². The molecular formula is C32H21Cl3IN3O4. The molecule has 0 aliphatic carbocycles. The molecule has 0 N–H and O–H groups in total. The summed E-state index contributed by atoms with van der Waals surface area (Å²) in [6.45, 7) is 2.59. The van der Waals surface area contributed by atoms with E-state index in [9.17, 15) is 4.79 Å². The van der Waals surface area contributed by atoms with Crippen molar-refractivity contribution in [2.75, 3.05) is 6.61 Å². The van der Waals surface area contributed by atoms with E-state index in [4.69, 9.17) is 53.7 Å². The van der Waals surface area contributed by atoms with Crippen LogP contribution in [0.2, 0.25) is 15.1 Å². The van der Waals surface area contributed by atoms with Crippen LogP contribution in [-0.2, 0) is 6.61 Å². The monoisotopic (exact) mass is 743 g/mol. The van der Waals surface area contributed by atoms with Crippen LogP contribution in [0.15, 0.2) is 93.2 Å². The summed E-state index contributed by atoms with van der Waals surface area (Å²) in [5.74, 6) is 1.76. The Bertz CT molecular complexity index is 2090. The summed E-state index contributed by atoms with van der Waals surface area (Å²) in [6.07, 6.45) is 1.58. The van der Waals surface area contributed by atoms with Crippen LogP contribution in [0.4, 0.5) is 0 Å². The molecule has 0 radical (unpaired) electrons. The van der Waals surface area contributed by atoms with Gasteiger partial charge in [-0.2, -0.15) is 9.78 Å². The van der Waals surface area contributed by atoms with Gasteiger partial charge in [-0.05, 0) is 101 Å². The number of furan rings is 1. The van der Waals surface area contributed by atoms with Gasteiger partial charge in [0.1, 0.15) is 12.2 Å². The number of para-hydroxylation sites is 1. The molecule has 0 amide bonds. The Hall–Kier alpha value is -3.57. The summed E-state index contributed by atoms with van der Waals surface area (Å²) in [5.41, 5.74) is 2.37. The van der Waals surface area contributed by atoms with Crippen LogP contribution < -0.4 is 15.0 Å². The second-order valence-electron chi connectivity index (χ2n) is 9.41. The summed E-state index contributed by atoms with van der Waals surface area (Å²) >= 11 is 20.6. The lowest BCUT2D eigenvalue weighted by Crippen LogP contribution is -2.20. The number of ether oxygens (including phenoxy) is 2. The van der Waals surface area contributed by atoms with Crippen molar-refractivity contribution >= 4 is 85.5 Å². The Balaban J connectivity index is 1.39. The van der Waals surface area contributed by atoms with Crippen molar-refractivity contribution in [1.82, 2.24) is 9.66 Å². The highest BCUT2D eigenvalue weighted by atomic mass is 127. The van der Waals surface area contributed by atoms with Crippen molar-refractivity contribution in [1.29, 1.82) is 0 Å². The molecular weight excluding hydrogens is 724 g/mol.